The molecule has 110 valence electrons. The van der Waals surface area contributed by atoms with Crippen molar-refractivity contribution in [3.05, 3.63) is 46.2 Å². The van der Waals surface area contributed by atoms with Gasteiger partial charge in [-0.05, 0) is 12.1 Å². The fourth-order valence-corrected chi connectivity index (χ4v) is 3.08. The maximum Gasteiger partial charge on any atom is 0.184 e. The lowest BCUT2D eigenvalue weighted by Crippen LogP contribution is -2.08. The van der Waals surface area contributed by atoms with E-state index in [2.05, 4.69) is 9.97 Å². The van der Waals surface area contributed by atoms with Gasteiger partial charge in [0.25, 0.3) is 0 Å². The topological polar surface area (TPSA) is 30.7 Å². The molecule has 3 aromatic rings. The molecule has 0 atom stereocenters. The highest BCUT2D eigenvalue weighted by Crippen LogP contribution is 2.23. The van der Waals surface area contributed by atoms with Crippen LogP contribution in [0.3, 0.4) is 0 Å². The maximum atomic E-state index is 14.1. The minimum Gasteiger partial charge on any atom is -0.325 e. The van der Waals surface area contributed by atoms with E-state index >= 15 is 0 Å². The average molecular weight is 328 g/mol. The first-order valence-electron chi connectivity index (χ1n) is 6.48. The van der Waals surface area contributed by atoms with Crippen LogP contribution in [0.15, 0.2) is 23.7 Å². The Labute approximate surface area is 129 Å². The zero-order valence-corrected chi connectivity index (χ0v) is 12.6. The van der Waals surface area contributed by atoms with Gasteiger partial charge in [0.05, 0.1) is 10.5 Å². The van der Waals surface area contributed by atoms with Crippen molar-refractivity contribution < 1.29 is 8.78 Å². The number of aromatic nitrogens is 3. The Morgan fingerprint density at radius 1 is 1.24 bits per heavy atom. The fourth-order valence-electron chi connectivity index (χ4n) is 2.31. The molecule has 3 rings (SSSR count). The fraction of sp³-hybridized carbons (Fsp3) is 0.286. The third-order valence-electron chi connectivity index (χ3n) is 3.23. The normalized spacial score (nSPS) is 11.4. The lowest BCUT2D eigenvalue weighted by atomic mass is 10.3. The number of fused-ring (bicyclic) bond motifs is 1. The molecule has 0 aliphatic heterocycles. The first-order chi connectivity index (χ1) is 10.2. The molecule has 2 aromatic heterocycles. The Bertz CT molecular complexity index is 755. The molecular formula is C14H12ClF2N3S. The van der Waals surface area contributed by atoms with E-state index in [0.717, 1.165) is 11.1 Å². The van der Waals surface area contributed by atoms with E-state index in [9.17, 15) is 8.78 Å². The summed E-state index contributed by atoms with van der Waals surface area (Å²) in [4.78, 5) is 8.56. The number of benzene rings is 1. The number of alkyl halides is 1. The van der Waals surface area contributed by atoms with Crippen LogP contribution in [-0.4, -0.2) is 20.4 Å². The van der Waals surface area contributed by atoms with Gasteiger partial charge >= 0.3 is 0 Å². The molecule has 1 aromatic carbocycles. The van der Waals surface area contributed by atoms with Crippen molar-refractivity contribution in [1.82, 2.24) is 14.5 Å². The molecule has 0 saturated heterocycles. The summed E-state index contributed by atoms with van der Waals surface area (Å²) in [6, 6.07) is 2.59. The third-order valence-corrected chi connectivity index (χ3v) is 4.26. The zero-order valence-electron chi connectivity index (χ0n) is 11.0. The molecule has 0 saturated carbocycles. The van der Waals surface area contributed by atoms with Crippen molar-refractivity contribution in [2.75, 3.05) is 5.88 Å². The van der Waals surface area contributed by atoms with Crippen LogP contribution in [0, 0.1) is 11.6 Å². The number of thiazole rings is 1. The highest BCUT2D eigenvalue weighted by Gasteiger charge is 2.17. The summed E-state index contributed by atoms with van der Waals surface area (Å²) in [6.07, 6.45) is 2.88. The Balaban J connectivity index is 2.04. The van der Waals surface area contributed by atoms with Gasteiger partial charge in [-0.3, -0.25) is 0 Å². The smallest absolute Gasteiger partial charge is 0.184 e. The van der Waals surface area contributed by atoms with Gasteiger partial charge in [-0.15, -0.1) is 22.9 Å². The summed E-state index contributed by atoms with van der Waals surface area (Å²) < 4.78 is 29.3. The molecule has 3 nitrogen and oxygen atoms in total. The first-order valence-corrected chi connectivity index (χ1v) is 7.89. The average Bonchev–Trinajstić information content (AvgIpc) is 3.09. The Kier molecular flexibility index (Phi) is 4.17. The van der Waals surface area contributed by atoms with Gasteiger partial charge in [-0.2, -0.15) is 0 Å². The van der Waals surface area contributed by atoms with Gasteiger partial charge in [0.2, 0.25) is 0 Å². The van der Waals surface area contributed by atoms with Gasteiger partial charge in [0, 0.05) is 36.8 Å². The molecule has 0 unspecified atom stereocenters. The quantitative estimate of drug-likeness (QED) is 0.667. The third kappa shape index (κ3) is 2.78. The molecule has 0 aliphatic carbocycles. The molecule has 7 heteroatoms. The van der Waals surface area contributed by atoms with Crippen molar-refractivity contribution in [3.8, 4) is 0 Å². The van der Waals surface area contributed by atoms with Gasteiger partial charge in [-0.25, -0.2) is 18.7 Å². The van der Waals surface area contributed by atoms with Crippen molar-refractivity contribution in [2.24, 2.45) is 0 Å². The molecule has 0 amide bonds. The molecule has 0 fully saturated rings. The number of nitrogens with zero attached hydrogens (tertiary/aromatic N) is 3. The zero-order chi connectivity index (χ0) is 14.8. The van der Waals surface area contributed by atoms with Gasteiger partial charge in [0.1, 0.15) is 11.3 Å². The number of rotatable bonds is 5. The van der Waals surface area contributed by atoms with E-state index in [1.807, 2.05) is 5.38 Å². The van der Waals surface area contributed by atoms with Crippen LogP contribution in [-0.2, 0) is 19.4 Å². The van der Waals surface area contributed by atoms with Crippen molar-refractivity contribution >= 4 is 34.0 Å². The van der Waals surface area contributed by atoms with E-state index < -0.39 is 11.6 Å². The van der Waals surface area contributed by atoms with E-state index in [-0.39, 0.29) is 5.52 Å². The van der Waals surface area contributed by atoms with E-state index in [0.29, 0.717) is 36.6 Å². The molecule has 0 spiro atoms. The number of imidazole rings is 1. The van der Waals surface area contributed by atoms with Crippen LogP contribution in [0.2, 0.25) is 0 Å². The second-order valence-corrected chi connectivity index (χ2v) is 5.88. The Hall–Kier alpha value is -1.53. The Morgan fingerprint density at radius 2 is 2.10 bits per heavy atom. The molecular weight excluding hydrogens is 316 g/mol. The van der Waals surface area contributed by atoms with Crippen LogP contribution in [0.4, 0.5) is 8.78 Å². The van der Waals surface area contributed by atoms with E-state index in [1.165, 1.54) is 17.4 Å². The summed E-state index contributed by atoms with van der Waals surface area (Å²) in [5.74, 6) is -0.679. The van der Waals surface area contributed by atoms with Crippen LogP contribution in [0.25, 0.3) is 11.0 Å². The molecule has 0 N–H and O–H groups in total. The lowest BCUT2D eigenvalue weighted by molar-refractivity contribution is 0.510. The van der Waals surface area contributed by atoms with Crippen LogP contribution in [0.5, 0.6) is 0 Å². The minimum atomic E-state index is -0.865. The first kappa shape index (κ1) is 14.4. The molecule has 21 heavy (non-hydrogen) atoms. The van der Waals surface area contributed by atoms with Crippen molar-refractivity contribution in [3.63, 3.8) is 0 Å². The summed E-state index contributed by atoms with van der Waals surface area (Å²) in [7, 11) is 0. The molecule has 0 bridgehead atoms. The summed E-state index contributed by atoms with van der Waals surface area (Å²) in [5.41, 5.74) is 0.653. The number of hydrogen-bond donors (Lipinski definition) is 0. The van der Waals surface area contributed by atoms with Crippen molar-refractivity contribution in [1.29, 1.82) is 0 Å². The maximum absolute atomic E-state index is 14.1. The van der Waals surface area contributed by atoms with Crippen LogP contribution >= 0.6 is 22.9 Å². The Morgan fingerprint density at radius 3 is 2.81 bits per heavy atom. The predicted molar refractivity (Wildman–Crippen MR) is 79.9 cm³/mol. The van der Waals surface area contributed by atoms with Crippen LogP contribution < -0.4 is 0 Å². The highest BCUT2D eigenvalue weighted by molar-refractivity contribution is 7.09. The number of aryl methyl sites for hydroxylation is 3. The van der Waals surface area contributed by atoms with Crippen molar-refractivity contribution in [2.45, 2.75) is 19.4 Å². The second-order valence-electron chi connectivity index (χ2n) is 4.52. The molecule has 0 radical (unpaired) electrons. The predicted octanol–water partition coefficient (Wildman–Crippen LogP) is 3.80. The number of hydrogen-bond acceptors (Lipinski definition) is 3. The minimum absolute atomic E-state index is 0.201. The lowest BCUT2D eigenvalue weighted by Gasteiger charge is -2.08. The summed E-state index contributed by atoms with van der Waals surface area (Å²) in [6.45, 7) is 0.497. The van der Waals surface area contributed by atoms with Gasteiger partial charge in [0.15, 0.2) is 11.6 Å². The SMILES string of the molecule is Fc1ccc2nc(CCCl)n(CCc3nccs3)c2c1F. The second kappa shape index (κ2) is 6.07. The van der Waals surface area contributed by atoms with Gasteiger partial charge in [-0.1, -0.05) is 0 Å². The summed E-state index contributed by atoms with van der Waals surface area (Å²) >= 11 is 7.31. The largest absolute Gasteiger partial charge is 0.325 e. The molecule has 0 aliphatic rings. The number of halogens is 3. The standard InChI is InChI=1S/C14H12ClF2N3S/c15-5-3-11-19-10-2-1-9(16)13(17)14(10)20(11)7-4-12-18-6-8-21-12/h1-2,6,8H,3-5,7H2. The monoisotopic (exact) mass is 327 g/mol. The van der Waals surface area contributed by atoms with E-state index in [1.54, 1.807) is 10.8 Å². The van der Waals surface area contributed by atoms with Gasteiger partial charge < -0.3 is 4.57 Å². The highest BCUT2D eigenvalue weighted by atomic mass is 35.5. The molecule has 2 heterocycles. The summed E-state index contributed by atoms with van der Waals surface area (Å²) in [5, 5.41) is 2.84. The van der Waals surface area contributed by atoms with E-state index in [4.69, 9.17) is 11.6 Å². The van der Waals surface area contributed by atoms with Crippen LogP contribution in [0.1, 0.15) is 10.8 Å².